The summed E-state index contributed by atoms with van der Waals surface area (Å²) in [5.74, 6) is -0.647. The van der Waals surface area contributed by atoms with Crippen LogP contribution in [-0.4, -0.2) is 19.5 Å². The highest BCUT2D eigenvalue weighted by Gasteiger charge is 2.14. The van der Waals surface area contributed by atoms with E-state index in [-0.39, 0.29) is 23.7 Å². The Morgan fingerprint density at radius 3 is 2.29 bits per heavy atom. The average molecular weight is 292 g/mol. The van der Waals surface area contributed by atoms with Crippen molar-refractivity contribution < 1.29 is 23.0 Å². The summed E-state index contributed by atoms with van der Waals surface area (Å²) in [6.07, 6.45) is 0. The normalized spacial score (nSPS) is 10.3. The molecule has 2 rings (SSSR count). The Morgan fingerprint density at radius 2 is 1.67 bits per heavy atom. The highest BCUT2D eigenvalue weighted by Crippen LogP contribution is 2.22. The number of hydrogen-bond acceptors (Lipinski definition) is 3. The first-order valence-corrected chi connectivity index (χ1v) is 6.27. The lowest BCUT2D eigenvalue weighted by molar-refractivity contribution is 0.0917. The second-order valence-corrected chi connectivity index (χ2v) is 4.47. The highest BCUT2D eigenvalue weighted by molar-refractivity contribution is 5.99. The Bertz CT molecular complexity index is 669. The molecule has 0 unspecified atom stereocenters. The predicted octanol–water partition coefficient (Wildman–Crippen LogP) is 3.54. The molecule has 0 atom stereocenters. The maximum atomic E-state index is 13.2. The van der Waals surface area contributed by atoms with Crippen LogP contribution < -0.4 is 9.47 Å². The van der Waals surface area contributed by atoms with Gasteiger partial charge in [0.25, 0.3) is 0 Å². The van der Waals surface area contributed by atoms with Crippen molar-refractivity contribution in [2.75, 3.05) is 13.7 Å². The summed E-state index contributed by atoms with van der Waals surface area (Å²) in [6, 6.07) is 7.69. The lowest BCUT2D eigenvalue weighted by atomic mass is 10.1. The molecule has 0 aliphatic rings. The highest BCUT2D eigenvalue weighted by atomic mass is 19.1. The van der Waals surface area contributed by atoms with E-state index in [4.69, 9.17) is 9.47 Å². The number of hydrogen-bond donors (Lipinski definition) is 0. The zero-order valence-electron chi connectivity index (χ0n) is 11.7. The SMILES string of the molecule is COc1ccc(F)cc1C(=O)COc1ccc(F)cc1C. The fourth-order valence-electron chi connectivity index (χ4n) is 1.89. The van der Waals surface area contributed by atoms with Crippen LogP contribution in [0.1, 0.15) is 15.9 Å². The fourth-order valence-corrected chi connectivity index (χ4v) is 1.89. The summed E-state index contributed by atoms with van der Waals surface area (Å²) in [5.41, 5.74) is 0.686. The summed E-state index contributed by atoms with van der Waals surface area (Å²) in [5, 5.41) is 0. The predicted molar refractivity (Wildman–Crippen MR) is 73.9 cm³/mol. The number of rotatable bonds is 5. The number of halogens is 2. The van der Waals surface area contributed by atoms with Gasteiger partial charge in [0.2, 0.25) is 5.78 Å². The van der Waals surface area contributed by atoms with E-state index in [1.54, 1.807) is 6.92 Å². The van der Waals surface area contributed by atoms with Crippen LogP contribution in [0.4, 0.5) is 8.78 Å². The van der Waals surface area contributed by atoms with Crippen molar-refractivity contribution in [3.63, 3.8) is 0 Å². The zero-order chi connectivity index (χ0) is 15.4. The number of ether oxygens (including phenoxy) is 2. The molecule has 5 heteroatoms. The van der Waals surface area contributed by atoms with E-state index in [2.05, 4.69) is 0 Å². The van der Waals surface area contributed by atoms with Gasteiger partial charge in [0, 0.05) is 0 Å². The van der Waals surface area contributed by atoms with Gasteiger partial charge in [-0.15, -0.1) is 0 Å². The first kappa shape index (κ1) is 15.0. The van der Waals surface area contributed by atoms with Crippen LogP contribution in [0.2, 0.25) is 0 Å². The number of carbonyl (C=O) groups is 1. The Balaban J connectivity index is 2.13. The summed E-state index contributed by atoms with van der Waals surface area (Å²) in [6.45, 7) is 1.39. The fraction of sp³-hybridized carbons (Fsp3) is 0.188. The average Bonchev–Trinajstić information content (AvgIpc) is 2.46. The van der Waals surface area contributed by atoms with Crippen LogP contribution in [0.25, 0.3) is 0 Å². The van der Waals surface area contributed by atoms with E-state index in [0.29, 0.717) is 11.3 Å². The molecular weight excluding hydrogens is 278 g/mol. The summed E-state index contributed by atoms with van der Waals surface area (Å²) in [4.78, 5) is 12.1. The molecule has 0 amide bonds. The molecule has 0 saturated carbocycles. The molecule has 0 spiro atoms. The topological polar surface area (TPSA) is 35.5 Å². The number of methoxy groups -OCH3 is 1. The number of Topliss-reactive ketones (excluding diaryl/α,β-unsaturated/α-hetero) is 1. The zero-order valence-corrected chi connectivity index (χ0v) is 11.7. The van der Waals surface area contributed by atoms with Crippen molar-refractivity contribution in [1.82, 2.24) is 0 Å². The molecule has 0 heterocycles. The second-order valence-electron chi connectivity index (χ2n) is 4.47. The number of aryl methyl sites for hydroxylation is 1. The minimum absolute atomic E-state index is 0.109. The van der Waals surface area contributed by atoms with E-state index >= 15 is 0 Å². The van der Waals surface area contributed by atoms with Crippen molar-refractivity contribution in [1.29, 1.82) is 0 Å². The van der Waals surface area contributed by atoms with E-state index in [1.807, 2.05) is 0 Å². The van der Waals surface area contributed by atoms with Crippen LogP contribution in [0, 0.1) is 18.6 Å². The first-order chi connectivity index (χ1) is 10.0. The number of carbonyl (C=O) groups excluding carboxylic acids is 1. The van der Waals surface area contributed by atoms with Gasteiger partial charge in [-0.1, -0.05) is 0 Å². The molecule has 0 saturated heterocycles. The first-order valence-electron chi connectivity index (χ1n) is 6.27. The van der Waals surface area contributed by atoms with Gasteiger partial charge in [0.15, 0.2) is 6.61 Å². The molecule has 2 aromatic carbocycles. The van der Waals surface area contributed by atoms with Crippen LogP contribution in [0.3, 0.4) is 0 Å². The third-order valence-electron chi connectivity index (χ3n) is 2.96. The Kier molecular flexibility index (Phi) is 4.52. The monoisotopic (exact) mass is 292 g/mol. The number of benzene rings is 2. The molecule has 0 radical (unpaired) electrons. The van der Waals surface area contributed by atoms with Crippen LogP contribution in [0.15, 0.2) is 36.4 Å². The molecular formula is C16H14F2O3. The Labute approximate surface area is 121 Å². The quantitative estimate of drug-likeness (QED) is 0.791. The summed E-state index contributed by atoms with van der Waals surface area (Å²) < 4.78 is 36.6. The van der Waals surface area contributed by atoms with E-state index in [0.717, 1.165) is 6.07 Å². The molecule has 0 bridgehead atoms. The summed E-state index contributed by atoms with van der Waals surface area (Å²) >= 11 is 0. The molecule has 0 aliphatic heterocycles. The molecule has 0 N–H and O–H groups in total. The van der Waals surface area contributed by atoms with E-state index < -0.39 is 11.6 Å². The van der Waals surface area contributed by atoms with E-state index in [9.17, 15) is 13.6 Å². The molecule has 21 heavy (non-hydrogen) atoms. The van der Waals surface area contributed by atoms with Gasteiger partial charge in [0.1, 0.15) is 23.1 Å². The molecule has 3 nitrogen and oxygen atoms in total. The molecule has 0 aromatic heterocycles. The van der Waals surface area contributed by atoms with Gasteiger partial charge in [-0.2, -0.15) is 0 Å². The van der Waals surface area contributed by atoms with Gasteiger partial charge in [-0.3, -0.25) is 4.79 Å². The smallest absolute Gasteiger partial charge is 0.204 e. The standard InChI is InChI=1S/C16H14F2O3/c1-10-7-11(17)3-5-15(10)21-9-14(19)13-8-12(18)4-6-16(13)20-2/h3-8H,9H2,1-2H3. The Hall–Kier alpha value is -2.43. The van der Waals surface area contributed by atoms with Crippen LogP contribution in [-0.2, 0) is 0 Å². The van der Waals surface area contributed by atoms with Gasteiger partial charge in [-0.25, -0.2) is 8.78 Å². The van der Waals surface area contributed by atoms with Crippen LogP contribution in [0.5, 0.6) is 11.5 Å². The molecule has 0 fully saturated rings. The largest absolute Gasteiger partial charge is 0.496 e. The minimum atomic E-state index is -0.530. The molecule has 2 aromatic rings. The maximum absolute atomic E-state index is 13.2. The van der Waals surface area contributed by atoms with Crippen molar-refractivity contribution >= 4 is 5.78 Å². The van der Waals surface area contributed by atoms with Crippen LogP contribution >= 0.6 is 0 Å². The van der Waals surface area contributed by atoms with Gasteiger partial charge < -0.3 is 9.47 Å². The third-order valence-corrected chi connectivity index (χ3v) is 2.96. The van der Waals surface area contributed by atoms with Crippen molar-refractivity contribution in [2.45, 2.75) is 6.92 Å². The Morgan fingerprint density at radius 1 is 1.05 bits per heavy atom. The van der Waals surface area contributed by atoms with Gasteiger partial charge >= 0.3 is 0 Å². The molecule has 110 valence electrons. The van der Waals surface area contributed by atoms with E-state index in [1.165, 1.54) is 37.4 Å². The maximum Gasteiger partial charge on any atom is 0.204 e. The van der Waals surface area contributed by atoms with Gasteiger partial charge in [0.05, 0.1) is 12.7 Å². The van der Waals surface area contributed by atoms with Crippen molar-refractivity contribution in [2.24, 2.45) is 0 Å². The summed E-state index contributed by atoms with van der Waals surface area (Å²) in [7, 11) is 1.40. The van der Waals surface area contributed by atoms with Gasteiger partial charge in [-0.05, 0) is 48.9 Å². The van der Waals surface area contributed by atoms with Crippen molar-refractivity contribution in [3.8, 4) is 11.5 Å². The molecule has 0 aliphatic carbocycles. The second kappa shape index (κ2) is 6.35. The minimum Gasteiger partial charge on any atom is -0.496 e. The number of ketones is 1. The lowest BCUT2D eigenvalue weighted by Crippen LogP contribution is -2.13. The lowest BCUT2D eigenvalue weighted by Gasteiger charge is -2.10. The van der Waals surface area contributed by atoms with Crippen molar-refractivity contribution in [3.05, 3.63) is 59.2 Å². The third kappa shape index (κ3) is 3.56.